The second-order valence-electron chi connectivity index (χ2n) is 4.78. The number of aliphatic carboxylic acids is 1. The van der Waals surface area contributed by atoms with E-state index < -0.39 is 12.0 Å². The molecule has 0 aliphatic heterocycles. The molecular formula is C15H18N2O2. The van der Waals surface area contributed by atoms with Crippen LogP contribution >= 0.6 is 0 Å². The highest BCUT2D eigenvalue weighted by atomic mass is 16.4. The zero-order chi connectivity index (χ0) is 14.0. The lowest BCUT2D eigenvalue weighted by Gasteiger charge is -2.15. The number of carboxylic acid groups (broad SMARTS) is 1. The zero-order valence-corrected chi connectivity index (χ0v) is 11.4. The van der Waals surface area contributed by atoms with Gasteiger partial charge in [-0.15, -0.1) is 0 Å². The fourth-order valence-corrected chi connectivity index (χ4v) is 2.16. The van der Waals surface area contributed by atoms with Crippen molar-refractivity contribution in [2.24, 2.45) is 0 Å². The van der Waals surface area contributed by atoms with Crippen molar-refractivity contribution in [1.82, 2.24) is 9.78 Å². The second-order valence-corrected chi connectivity index (χ2v) is 4.78. The molecule has 0 aliphatic rings. The molecule has 2 rings (SSSR count). The lowest BCUT2D eigenvalue weighted by Crippen LogP contribution is -2.23. The fourth-order valence-electron chi connectivity index (χ4n) is 2.16. The summed E-state index contributed by atoms with van der Waals surface area (Å²) in [5.74, 6) is -0.852. The Labute approximate surface area is 112 Å². The molecule has 0 radical (unpaired) electrons. The summed E-state index contributed by atoms with van der Waals surface area (Å²) in [7, 11) is 0. The van der Waals surface area contributed by atoms with Crippen LogP contribution in [0, 0.1) is 20.8 Å². The van der Waals surface area contributed by atoms with Gasteiger partial charge in [-0.05, 0) is 31.9 Å². The summed E-state index contributed by atoms with van der Waals surface area (Å²) < 4.78 is 1.62. The van der Waals surface area contributed by atoms with E-state index in [1.54, 1.807) is 4.68 Å². The fraction of sp³-hybridized carbons (Fsp3) is 0.333. The molecule has 0 aliphatic carbocycles. The highest BCUT2D eigenvalue weighted by Gasteiger charge is 2.24. The van der Waals surface area contributed by atoms with Crippen LogP contribution < -0.4 is 0 Å². The molecule has 1 unspecified atom stereocenters. The second kappa shape index (κ2) is 5.26. The molecule has 1 heterocycles. The first-order chi connectivity index (χ1) is 9.00. The molecule has 0 saturated carbocycles. The number of aromatic nitrogens is 2. The molecule has 0 spiro atoms. The average Bonchev–Trinajstić information content (AvgIpc) is 2.64. The minimum atomic E-state index is -0.852. The Bertz CT molecular complexity index is 588. The molecule has 4 nitrogen and oxygen atoms in total. The Balaban J connectivity index is 2.36. The molecule has 0 bridgehead atoms. The van der Waals surface area contributed by atoms with Crippen LogP contribution in [0.1, 0.15) is 28.6 Å². The summed E-state index contributed by atoms with van der Waals surface area (Å²) in [5.41, 5.74) is 3.86. The van der Waals surface area contributed by atoms with E-state index in [0.29, 0.717) is 6.42 Å². The molecule has 1 aromatic heterocycles. The van der Waals surface area contributed by atoms with Gasteiger partial charge >= 0.3 is 5.97 Å². The molecule has 1 aromatic carbocycles. The maximum absolute atomic E-state index is 11.5. The van der Waals surface area contributed by atoms with Crippen molar-refractivity contribution in [2.45, 2.75) is 33.2 Å². The largest absolute Gasteiger partial charge is 0.480 e. The van der Waals surface area contributed by atoms with Crippen molar-refractivity contribution in [1.29, 1.82) is 0 Å². The summed E-state index contributed by atoms with van der Waals surface area (Å²) in [6.07, 6.45) is 0.442. The number of nitrogens with zero attached hydrogens (tertiary/aromatic N) is 2. The summed E-state index contributed by atoms with van der Waals surface area (Å²) in [6, 6.07) is 8.98. The van der Waals surface area contributed by atoms with Gasteiger partial charge in [-0.3, -0.25) is 4.68 Å². The minimum Gasteiger partial charge on any atom is -0.480 e. The third-order valence-electron chi connectivity index (χ3n) is 3.54. The van der Waals surface area contributed by atoms with Crippen molar-refractivity contribution in [3.63, 3.8) is 0 Å². The number of carboxylic acids is 1. The van der Waals surface area contributed by atoms with E-state index >= 15 is 0 Å². The quantitative estimate of drug-likeness (QED) is 0.917. The predicted octanol–water partition coefficient (Wildman–Crippen LogP) is 2.68. The van der Waals surface area contributed by atoms with Crippen LogP contribution in [0.3, 0.4) is 0 Å². The maximum Gasteiger partial charge on any atom is 0.328 e. The third kappa shape index (κ3) is 2.67. The molecule has 2 aromatic rings. The van der Waals surface area contributed by atoms with E-state index in [2.05, 4.69) is 5.10 Å². The lowest BCUT2D eigenvalue weighted by molar-refractivity contribution is -0.141. The van der Waals surface area contributed by atoms with Crippen LogP contribution in [-0.4, -0.2) is 20.9 Å². The third-order valence-corrected chi connectivity index (χ3v) is 3.54. The Morgan fingerprint density at radius 2 is 1.89 bits per heavy atom. The number of hydrogen-bond acceptors (Lipinski definition) is 2. The summed E-state index contributed by atoms with van der Waals surface area (Å²) in [4.78, 5) is 11.5. The Morgan fingerprint density at radius 3 is 2.37 bits per heavy atom. The van der Waals surface area contributed by atoms with Crippen LogP contribution in [0.2, 0.25) is 0 Å². The summed E-state index contributed by atoms with van der Waals surface area (Å²) >= 11 is 0. The maximum atomic E-state index is 11.5. The van der Waals surface area contributed by atoms with Crippen LogP contribution in [0.15, 0.2) is 30.3 Å². The molecular weight excluding hydrogens is 240 g/mol. The van der Waals surface area contributed by atoms with Crippen LogP contribution in [0.4, 0.5) is 0 Å². The van der Waals surface area contributed by atoms with Gasteiger partial charge in [-0.25, -0.2) is 4.79 Å². The van der Waals surface area contributed by atoms with Crippen LogP contribution in [-0.2, 0) is 11.2 Å². The molecule has 19 heavy (non-hydrogen) atoms. The smallest absolute Gasteiger partial charge is 0.328 e. The van der Waals surface area contributed by atoms with Gasteiger partial charge in [0.05, 0.1) is 5.69 Å². The van der Waals surface area contributed by atoms with Gasteiger partial charge < -0.3 is 5.11 Å². The van der Waals surface area contributed by atoms with E-state index in [1.165, 1.54) is 0 Å². The Kier molecular flexibility index (Phi) is 3.69. The van der Waals surface area contributed by atoms with Gasteiger partial charge in [0.1, 0.15) is 0 Å². The van der Waals surface area contributed by atoms with E-state index in [1.807, 2.05) is 51.1 Å². The molecule has 0 saturated heterocycles. The highest BCUT2D eigenvalue weighted by Crippen LogP contribution is 2.20. The molecule has 4 heteroatoms. The van der Waals surface area contributed by atoms with E-state index in [0.717, 1.165) is 22.5 Å². The van der Waals surface area contributed by atoms with Gasteiger partial charge in [0.2, 0.25) is 0 Å². The van der Waals surface area contributed by atoms with E-state index in [-0.39, 0.29) is 0 Å². The summed E-state index contributed by atoms with van der Waals surface area (Å²) in [5, 5.41) is 13.8. The first-order valence-electron chi connectivity index (χ1n) is 6.29. The average molecular weight is 258 g/mol. The van der Waals surface area contributed by atoms with Crippen molar-refractivity contribution in [3.05, 3.63) is 52.8 Å². The molecule has 1 atom stereocenters. The predicted molar refractivity (Wildman–Crippen MR) is 73.3 cm³/mol. The molecule has 1 N–H and O–H groups in total. The number of aryl methyl sites for hydroxylation is 1. The molecule has 0 fully saturated rings. The Hall–Kier alpha value is -2.10. The van der Waals surface area contributed by atoms with Crippen molar-refractivity contribution >= 4 is 5.97 Å². The monoisotopic (exact) mass is 258 g/mol. The minimum absolute atomic E-state index is 0.442. The molecule has 100 valence electrons. The first-order valence-corrected chi connectivity index (χ1v) is 6.29. The topological polar surface area (TPSA) is 55.1 Å². The number of hydrogen-bond donors (Lipinski definition) is 1. The normalized spacial score (nSPS) is 12.4. The number of rotatable bonds is 4. The van der Waals surface area contributed by atoms with Gasteiger partial charge in [0, 0.05) is 12.1 Å². The van der Waals surface area contributed by atoms with E-state index in [4.69, 9.17) is 0 Å². The van der Waals surface area contributed by atoms with Crippen LogP contribution in [0.5, 0.6) is 0 Å². The number of carbonyl (C=O) groups is 1. The van der Waals surface area contributed by atoms with Crippen molar-refractivity contribution in [3.8, 4) is 0 Å². The Morgan fingerprint density at radius 1 is 1.26 bits per heavy atom. The van der Waals surface area contributed by atoms with Gasteiger partial charge in [0.25, 0.3) is 0 Å². The standard InChI is InChI=1S/C15H18N2O2/c1-10-11(2)16-17(12(10)3)14(15(18)19)9-13-7-5-4-6-8-13/h4-8,14H,9H2,1-3H3,(H,18,19). The zero-order valence-electron chi connectivity index (χ0n) is 11.4. The van der Waals surface area contributed by atoms with Gasteiger partial charge in [-0.1, -0.05) is 30.3 Å². The van der Waals surface area contributed by atoms with Crippen molar-refractivity contribution < 1.29 is 9.90 Å². The molecule has 0 amide bonds. The van der Waals surface area contributed by atoms with Gasteiger partial charge in [0.15, 0.2) is 6.04 Å². The van der Waals surface area contributed by atoms with Gasteiger partial charge in [-0.2, -0.15) is 5.10 Å². The SMILES string of the molecule is Cc1nn(C(Cc2ccccc2)C(=O)O)c(C)c1C. The summed E-state index contributed by atoms with van der Waals surface area (Å²) in [6.45, 7) is 5.78. The highest BCUT2D eigenvalue weighted by molar-refractivity contribution is 5.72. The van der Waals surface area contributed by atoms with Crippen LogP contribution in [0.25, 0.3) is 0 Å². The van der Waals surface area contributed by atoms with Crippen molar-refractivity contribution in [2.75, 3.05) is 0 Å². The number of benzene rings is 1. The lowest BCUT2D eigenvalue weighted by atomic mass is 10.1. The van der Waals surface area contributed by atoms with E-state index in [9.17, 15) is 9.90 Å². The first kappa shape index (κ1) is 13.3.